The van der Waals surface area contributed by atoms with Gasteiger partial charge in [-0.3, -0.25) is 4.98 Å². The first kappa shape index (κ1) is 11.8. The number of aromatic nitrogens is 3. The monoisotopic (exact) mass is 230 g/mol. The molecule has 2 heterocycles. The van der Waals surface area contributed by atoms with Crippen molar-refractivity contribution in [1.82, 2.24) is 19.9 Å². The molecule has 0 spiro atoms. The SMILES string of the molecule is CCNC(c1cncc(C)c1)c1nccn1C. The highest BCUT2D eigenvalue weighted by atomic mass is 15.1. The van der Waals surface area contributed by atoms with Gasteiger partial charge in [0.05, 0.1) is 6.04 Å². The molecule has 1 unspecified atom stereocenters. The lowest BCUT2D eigenvalue weighted by Gasteiger charge is -2.18. The zero-order valence-electron chi connectivity index (χ0n) is 10.5. The molecule has 0 aromatic carbocycles. The lowest BCUT2D eigenvalue weighted by atomic mass is 10.1. The van der Waals surface area contributed by atoms with Crippen LogP contribution in [0.15, 0.2) is 30.9 Å². The Kier molecular flexibility index (Phi) is 3.54. The summed E-state index contributed by atoms with van der Waals surface area (Å²) >= 11 is 0. The Bertz CT molecular complexity index is 490. The Morgan fingerprint density at radius 2 is 2.24 bits per heavy atom. The van der Waals surface area contributed by atoms with Crippen molar-refractivity contribution in [1.29, 1.82) is 0 Å². The molecular weight excluding hydrogens is 212 g/mol. The van der Waals surface area contributed by atoms with Crippen LogP contribution in [0.1, 0.15) is 29.9 Å². The van der Waals surface area contributed by atoms with Gasteiger partial charge in [0.1, 0.15) is 5.82 Å². The van der Waals surface area contributed by atoms with Gasteiger partial charge in [0.15, 0.2) is 0 Å². The van der Waals surface area contributed by atoms with Crippen LogP contribution in [0.2, 0.25) is 0 Å². The fourth-order valence-corrected chi connectivity index (χ4v) is 1.95. The molecule has 0 aliphatic carbocycles. The zero-order chi connectivity index (χ0) is 12.3. The molecule has 0 aliphatic rings. The molecule has 1 atom stereocenters. The van der Waals surface area contributed by atoms with E-state index in [9.17, 15) is 0 Å². The van der Waals surface area contributed by atoms with Crippen molar-refractivity contribution in [3.05, 3.63) is 47.8 Å². The van der Waals surface area contributed by atoms with Gasteiger partial charge in [-0.2, -0.15) is 0 Å². The summed E-state index contributed by atoms with van der Waals surface area (Å²) in [6, 6.07) is 2.25. The number of nitrogens with one attached hydrogen (secondary N) is 1. The molecule has 0 saturated carbocycles. The number of nitrogens with zero attached hydrogens (tertiary/aromatic N) is 3. The molecule has 0 saturated heterocycles. The number of rotatable bonds is 4. The van der Waals surface area contributed by atoms with E-state index < -0.39 is 0 Å². The summed E-state index contributed by atoms with van der Waals surface area (Å²) in [6.45, 7) is 5.04. The van der Waals surface area contributed by atoms with Crippen LogP contribution in [0.4, 0.5) is 0 Å². The van der Waals surface area contributed by atoms with E-state index in [1.165, 1.54) is 5.56 Å². The molecule has 0 aliphatic heterocycles. The maximum Gasteiger partial charge on any atom is 0.130 e. The first-order valence-electron chi connectivity index (χ1n) is 5.84. The minimum absolute atomic E-state index is 0.104. The Morgan fingerprint density at radius 1 is 1.41 bits per heavy atom. The van der Waals surface area contributed by atoms with E-state index in [2.05, 4.69) is 35.2 Å². The summed E-state index contributed by atoms with van der Waals surface area (Å²) in [7, 11) is 2.01. The molecule has 90 valence electrons. The highest BCUT2D eigenvalue weighted by Crippen LogP contribution is 2.20. The Hall–Kier alpha value is -1.68. The van der Waals surface area contributed by atoms with Crippen LogP contribution >= 0.6 is 0 Å². The molecule has 0 amide bonds. The van der Waals surface area contributed by atoms with Crippen molar-refractivity contribution in [3.63, 3.8) is 0 Å². The number of imidazole rings is 1. The standard InChI is InChI=1S/C13H18N4/c1-4-15-12(13-16-5-6-17(13)3)11-7-10(2)8-14-9-11/h5-9,12,15H,4H2,1-3H3. The van der Waals surface area contributed by atoms with Crippen LogP contribution in [0.5, 0.6) is 0 Å². The topological polar surface area (TPSA) is 42.7 Å². The fraction of sp³-hybridized carbons (Fsp3) is 0.385. The molecular formula is C13H18N4. The molecule has 4 nitrogen and oxygen atoms in total. The summed E-state index contributed by atoms with van der Waals surface area (Å²) < 4.78 is 2.04. The third kappa shape index (κ3) is 2.53. The molecule has 17 heavy (non-hydrogen) atoms. The maximum absolute atomic E-state index is 4.41. The van der Waals surface area contributed by atoms with Gasteiger partial charge in [-0.05, 0) is 24.6 Å². The maximum atomic E-state index is 4.41. The second-order valence-corrected chi connectivity index (χ2v) is 4.18. The van der Waals surface area contributed by atoms with E-state index in [-0.39, 0.29) is 6.04 Å². The molecule has 0 fully saturated rings. The predicted molar refractivity (Wildman–Crippen MR) is 67.7 cm³/mol. The molecule has 4 heteroatoms. The minimum atomic E-state index is 0.104. The van der Waals surface area contributed by atoms with E-state index in [0.29, 0.717) is 0 Å². The van der Waals surface area contributed by atoms with E-state index in [0.717, 1.165) is 17.9 Å². The largest absolute Gasteiger partial charge is 0.336 e. The van der Waals surface area contributed by atoms with Gasteiger partial charge in [0.2, 0.25) is 0 Å². The molecule has 2 rings (SSSR count). The lowest BCUT2D eigenvalue weighted by molar-refractivity contribution is 0.575. The van der Waals surface area contributed by atoms with Crippen molar-refractivity contribution < 1.29 is 0 Å². The molecule has 1 N–H and O–H groups in total. The fourth-order valence-electron chi connectivity index (χ4n) is 1.95. The Labute approximate surface area is 102 Å². The molecule has 2 aromatic heterocycles. The van der Waals surface area contributed by atoms with Gasteiger partial charge in [-0.15, -0.1) is 0 Å². The average Bonchev–Trinajstić information content (AvgIpc) is 2.72. The Morgan fingerprint density at radius 3 is 2.82 bits per heavy atom. The van der Waals surface area contributed by atoms with Crippen LogP contribution < -0.4 is 5.32 Å². The van der Waals surface area contributed by atoms with E-state index in [1.54, 1.807) is 0 Å². The number of hydrogen-bond donors (Lipinski definition) is 1. The van der Waals surface area contributed by atoms with Crippen LogP contribution in [0.25, 0.3) is 0 Å². The van der Waals surface area contributed by atoms with Crippen LogP contribution in [-0.2, 0) is 7.05 Å². The molecule has 0 bridgehead atoms. The van der Waals surface area contributed by atoms with Crippen molar-refractivity contribution in [2.45, 2.75) is 19.9 Å². The van der Waals surface area contributed by atoms with Gasteiger partial charge in [0.25, 0.3) is 0 Å². The number of pyridine rings is 1. The van der Waals surface area contributed by atoms with E-state index in [1.807, 2.05) is 36.4 Å². The number of hydrogen-bond acceptors (Lipinski definition) is 3. The molecule has 0 radical (unpaired) electrons. The highest BCUT2D eigenvalue weighted by Gasteiger charge is 2.17. The Balaban J connectivity index is 2.39. The van der Waals surface area contributed by atoms with Crippen molar-refractivity contribution >= 4 is 0 Å². The highest BCUT2D eigenvalue weighted by molar-refractivity contribution is 5.25. The van der Waals surface area contributed by atoms with E-state index >= 15 is 0 Å². The zero-order valence-corrected chi connectivity index (χ0v) is 10.5. The third-order valence-corrected chi connectivity index (χ3v) is 2.75. The lowest BCUT2D eigenvalue weighted by Crippen LogP contribution is -2.25. The summed E-state index contributed by atoms with van der Waals surface area (Å²) in [5.74, 6) is 1.01. The molecule has 2 aromatic rings. The minimum Gasteiger partial charge on any atom is -0.336 e. The van der Waals surface area contributed by atoms with Gasteiger partial charge < -0.3 is 9.88 Å². The quantitative estimate of drug-likeness (QED) is 0.871. The summed E-state index contributed by atoms with van der Waals surface area (Å²) in [5.41, 5.74) is 2.32. The predicted octanol–water partition coefficient (Wildman–Crippen LogP) is 1.82. The second kappa shape index (κ2) is 5.10. The normalized spacial score (nSPS) is 12.6. The van der Waals surface area contributed by atoms with Crippen molar-refractivity contribution in [3.8, 4) is 0 Å². The van der Waals surface area contributed by atoms with Crippen LogP contribution in [-0.4, -0.2) is 21.1 Å². The summed E-state index contributed by atoms with van der Waals surface area (Å²) in [4.78, 5) is 8.66. The van der Waals surface area contributed by atoms with Crippen LogP contribution in [0, 0.1) is 6.92 Å². The smallest absolute Gasteiger partial charge is 0.130 e. The third-order valence-electron chi connectivity index (χ3n) is 2.75. The summed E-state index contributed by atoms with van der Waals surface area (Å²) in [6.07, 6.45) is 7.55. The first-order chi connectivity index (χ1) is 8.22. The van der Waals surface area contributed by atoms with Gasteiger partial charge >= 0.3 is 0 Å². The second-order valence-electron chi connectivity index (χ2n) is 4.18. The summed E-state index contributed by atoms with van der Waals surface area (Å²) in [5, 5.41) is 3.45. The van der Waals surface area contributed by atoms with Crippen LogP contribution in [0.3, 0.4) is 0 Å². The van der Waals surface area contributed by atoms with E-state index in [4.69, 9.17) is 0 Å². The van der Waals surface area contributed by atoms with Gasteiger partial charge in [-0.25, -0.2) is 4.98 Å². The van der Waals surface area contributed by atoms with Gasteiger partial charge in [0, 0.05) is 31.8 Å². The van der Waals surface area contributed by atoms with Crippen molar-refractivity contribution in [2.24, 2.45) is 7.05 Å². The van der Waals surface area contributed by atoms with Crippen molar-refractivity contribution in [2.75, 3.05) is 6.54 Å². The average molecular weight is 230 g/mol. The first-order valence-corrected chi connectivity index (χ1v) is 5.84. The van der Waals surface area contributed by atoms with Gasteiger partial charge in [-0.1, -0.05) is 13.0 Å². The number of aryl methyl sites for hydroxylation is 2.